The van der Waals surface area contributed by atoms with Crippen LogP contribution in [0.4, 0.5) is 0 Å². The predicted molar refractivity (Wildman–Crippen MR) is 45.0 cm³/mol. The number of nitrogens with two attached hydrogens (primary N) is 1. The molecular weight excluding hydrogens is 138 g/mol. The Morgan fingerprint density at radius 1 is 1.73 bits per heavy atom. The summed E-state index contributed by atoms with van der Waals surface area (Å²) in [4.78, 5) is 10.7. The summed E-state index contributed by atoms with van der Waals surface area (Å²) in [5.41, 5.74) is 6.37. The molecule has 2 atom stereocenters. The van der Waals surface area contributed by atoms with Crippen molar-refractivity contribution in [3.63, 3.8) is 0 Å². The molecule has 1 aliphatic rings. The maximum atomic E-state index is 10.7. The van der Waals surface area contributed by atoms with Crippen molar-refractivity contribution in [2.45, 2.75) is 19.9 Å². The van der Waals surface area contributed by atoms with Gasteiger partial charge in [-0.1, -0.05) is 23.8 Å². The highest BCUT2D eigenvalue weighted by Crippen LogP contribution is 2.27. The lowest BCUT2D eigenvalue weighted by Crippen LogP contribution is -2.41. The third-order valence-corrected chi connectivity index (χ3v) is 2.23. The predicted octanol–water partition coefficient (Wildman–Crippen LogP) is 1.04. The van der Waals surface area contributed by atoms with Crippen molar-refractivity contribution >= 4 is 6.29 Å². The maximum Gasteiger partial charge on any atom is 0.131 e. The Balaban J connectivity index is 2.97. The SMILES string of the molecule is CC1=CC=CC(C)(C=O)C1N. The van der Waals surface area contributed by atoms with Gasteiger partial charge in [-0.2, -0.15) is 0 Å². The minimum atomic E-state index is -0.501. The molecule has 2 unspecified atom stereocenters. The molecule has 0 amide bonds. The number of hydrogen-bond donors (Lipinski definition) is 1. The van der Waals surface area contributed by atoms with E-state index in [2.05, 4.69) is 0 Å². The van der Waals surface area contributed by atoms with Crippen molar-refractivity contribution in [2.24, 2.45) is 11.1 Å². The van der Waals surface area contributed by atoms with Crippen molar-refractivity contribution in [1.29, 1.82) is 0 Å². The van der Waals surface area contributed by atoms with Crippen LogP contribution in [0, 0.1) is 5.41 Å². The number of hydrogen-bond acceptors (Lipinski definition) is 2. The second-order valence-corrected chi connectivity index (χ2v) is 3.23. The molecule has 0 radical (unpaired) electrons. The highest BCUT2D eigenvalue weighted by Gasteiger charge is 2.30. The van der Waals surface area contributed by atoms with Crippen LogP contribution in [0.1, 0.15) is 13.8 Å². The number of aldehydes is 1. The normalized spacial score (nSPS) is 36.6. The van der Waals surface area contributed by atoms with E-state index in [1.807, 2.05) is 32.1 Å². The molecule has 1 rings (SSSR count). The Bertz CT molecular complexity index is 230. The lowest BCUT2D eigenvalue weighted by Gasteiger charge is -2.29. The number of allylic oxidation sites excluding steroid dienone is 2. The molecule has 11 heavy (non-hydrogen) atoms. The zero-order valence-electron chi connectivity index (χ0n) is 6.87. The van der Waals surface area contributed by atoms with E-state index in [9.17, 15) is 4.79 Å². The summed E-state index contributed by atoms with van der Waals surface area (Å²) in [5, 5.41) is 0. The molecule has 0 aromatic heterocycles. The molecule has 0 aromatic carbocycles. The van der Waals surface area contributed by atoms with Crippen LogP contribution in [0.25, 0.3) is 0 Å². The van der Waals surface area contributed by atoms with E-state index in [0.29, 0.717) is 0 Å². The molecule has 0 saturated carbocycles. The molecule has 0 heterocycles. The van der Waals surface area contributed by atoms with Crippen LogP contribution in [-0.2, 0) is 4.79 Å². The number of carbonyl (C=O) groups excluding carboxylic acids is 1. The Labute approximate surface area is 66.8 Å². The Morgan fingerprint density at radius 3 is 2.82 bits per heavy atom. The van der Waals surface area contributed by atoms with E-state index < -0.39 is 5.41 Å². The van der Waals surface area contributed by atoms with Gasteiger partial charge in [0, 0.05) is 6.04 Å². The molecule has 60 valence electrons. The molecule has 2 N–H and O–H groups in total. The van der Waals surface area contributed by atoms with E-state index in [0.717, 1.165) is 11.9 Å². The Kier molecular flexibility index (Phi) is 1.96. The van der Waals surface area contributed by atoms with Crippen LogP contribution < -0.4 is 5.73 Å². The third kappa shape index (κ3) is 1.26. The third-order valence-electron chi connectivity index (χ3n) is 2.23. The van der Waals surface area contributed by atoms with Crippen LogP contribution >= 0.6 is 0 Å². The van der Waals surface area contributed by atoms with Crippen LogP contribution in [0.2, 0.25) is 0 Å². The Morgan fingerprint density at radius 2 is 2.36 bits per heavy atom. The summed E-state index contributed by atoms with van der Waals surface area (Å²) in [6.45, 7) is 3.79. The summed E-state index contributed by atoms with van der Waals surface area (Å²) in [7, 11) is 0. The van der Waals surface area contributed by atoms with Crippen molar-refractivity contribution in [2.75, 3.05) is 0 Å². The van der Waals surface area contributed by atoms with Gasteiger partial charge >= 0.3 is 0 Å². The van der Waals surface area contributed by atoms with E-state index in [-0.39, 0.29) is 6.04 Å². The fourth-order valence-corrected chi connectivity index (χ4v) is 1.22. The van der Waals surface area contributed by atoms with Crippen molar-refractivity contribution in [1.82, 2.24) is 0 Å². The Hall–Kier alpha value is -0.890. The van der Waals surface area contributed by atoms with Crippen molar-refractivity contribution in [3.05, 3.63) is 23.8 Å². The van der Waals surface area contributed by atoms with Gasteiger partial charge in [0.25, 0.3) is 0 Å². The van der Waals surface area contributed by atoms with E-state index in [4.69, 9.17) is 5.73 Å². The van der Waals surface area contributed by atoms with Crippen molar-refractivity contribution < 1.29 is 4.79 Å². The molecule has 2 nitrogen and oxygen atoms in total. The zero-order chi connectivity index (χ0) is 8.48. The van der Waals surface area contributed by atoms with Gasteiger partial charge in [-0.25, -0.2) is 0 Å². The zero-order valence-corrected chi connectivity index (χ0v) is 6.87. The summed E-state index contributed by atoms with van der Waals surface area (Å²) in [5.74, 6) is 0. The van der Waals surface area contributed by atoms with Gasteiger partial charge in [-0.3, -0.25) is 0 Å². The summed E-state index contributed by atoms with van der Waals surface area (Å²) >= 11 is 0. The molecule has 0 bridgehead atoms. The van der Waals surface area contributed by atoms with E-state index in [1.165, 1.54) is 0 Å². The standard InChI is InChI=1S/C9H13NO/c1-7-4-3-5-9(2,6-11)8(7)10/h3-6,8H,10H2,1-2H3. The van der Waals surface area contributed by atoms with Crippen LogP contribution in [0.5, 0.6) is 0 Å². The van der Waals surface area contributed by atoms with E-state index in [1.54, 1.807) is 0 Å². The maximum absolute atomic E-state index is 10.7. The number of carbonyl (C=O) groups is 1. The van der Waals surface area contributed by atoms with E-state index >= 15 is 0 Å². The first-order valence-corrected chi connectivity index (χ1v) is 3.68. The van der Waals surface area contributed by atoms with Crippen LogP contribution in [0.15, 0.2) is 23.8 Å². The highest BCUT2D eigenvalue weighted by molar-refractivity contribution is 5.66. The van der Waals surface area contributed by atoms with Gasteiger partial charge in [0.2, 0.25) is 0 Å². The molecule has 0 spiro atoms. The molecular formula is C9H13NO. The minimum absolute atomic E-state index is 0.162. The molecule has 0 saturated heterocycles. The van der Waals surface area contributed by atoms with Gasteiger partial charge < -0.3 is 10.5 Å². The summed E-state index contributed by atoms with van der Waals surface area (Å²) in [6.07, 6.45) is 6.57. The lowest BCUT2D eigenvalue weighted by molar-refractivity contribution is -0.113. The average Bonchev–Trinajstić information content (AvgIpc) is 2.00. The van der Waals surface area contributed by atoms with Crippen molar-refractivity contribution in [3.8, 4) is 0 Å². The second-order valence-electron chi connectivity index (χ2n) is 3.23. The first kappa shape index (κ1) is 8.21. The second kappa shape index (κ2) is 2.62. The summed E-state index contributed by atoms with van der Waals surface area (Å²) < 4.78 is 0. The molecule has 1 aliphatic carbocycles. The fraction of sp³-hybridized carbons (Fsp3) is 0.444. The van der Waals surface area contributed by atoms with Gasteiger partial charge in [0.15, 0.2) is 0 Å². The van der Waals surface area contributed by atoms with Gasteiger partial charge in [-0.05, 0) is 13.8 Å². The fourth-order valence-electron chi connectivity index (χ4n) is 1.22. The van der Waals surface area contributed by atoms with Gasteiger partial charge in [-0.15, -0.1) is 0 Å². The van der Waals surface area contributed by atoms with Crippen LogP contribution in [-0.4, -0.2) is 12.3 Å². The summed E-state index contributed by atoms with van der Waals surface area (Å²) in [6, 6.07) is -0.162. The van der Waals surface area contributed by atoms with Gasteiger partial charge in [0.05, 0.1) is 5.41 Å². The monoisotopic (exact) mass is 151 g/mol. The first-order valence-electron chi connectivity index (χ1n) is 3.68. The molecule has 2 heteroatoms. The van der Waals surface area contributed by atoms with Gasteiger partial charge in [0.1, 0.15) is 6.29 Å². The molecule has 0 fully saturated rings. The quantitative estimate of drug-likeness (QED) is 0.569. The highest BCUT2D eigenvalue weighted by atomic mass is 16.1. The smallest absolute Gasteiger partial charge is 0.131 e. The minimum Gasteiger partial charge on any atom is -0.323 e. The lowest BCUT2D eigenvalue weighted by atomic mass is 9.78. The molecule has 0 aromatic rings. The number of rotatable bonds is 1. The van der Waals surface area contributed by atoms with Crippen LogP contribution in [0.3, 0.4) is 0 Å². The molecule has 0 aliphatic heterocycles. The first-order chi connectivity index (χ1) is 5.10. The average molecular weight is 151 g/mol. The largest absolute Gasteiger partial charge is 0.323 e. The topological polar surface area (TPSA) is 43.1 Å².